The number of carbonyl (C=O) groups excluding carboxylic acids is 1. The highest BCUT2D eigenvalue weighted by atomic mass is 31.2. The van der Waals surface area contributed by atoms with Gasteiger partial charge in [0.15, 0.2) is 0 Å². The fourth-order valence-corrected chi connectivity index (χ4v) is 3.02. The summed E-state index contributed by atoms with van der Waals surface area (Å²) in [6.07, 6.45) is 0. The topological polar surface area (TPSA) is 61.8 Å². The maximum Gasteiger partial charge on any atom is 0.439 e. The molecule has 0 fully saturated rings. The molecule has 0 atom stereocenters. The second kappa shape index (κ2) is 8.63. The molecule has 0 aliphatic rings. The minimum absolute atomic E-state index is 0.00568. The van der Waals surface area contributed by atoms with Crippen molar-refractivity contribution in [3.05, 3.63) is 71.8 Å². The Morgan fingerprint density at radius 1 is 0.870 bits per heavy atom. The van der Waals surface area contributed by atoms with Crippen LogP contribution in [-0.4, -0.2) is 12.3 Å². The van der Waals surface area contributed by atoms with Gasteiger partial charge in [-0.3, -0.25) is 9.05 Å². The molecule has 5 nitrogen and oxygen atoms in total. The monoisotopic (exact) mass is 334 g/mol. The first-order valence-electron chi connectivity index (χ1n) is 7.28. The first-order chi connectivity index (χ1) is 11.1. The van der Waals surface area contributed by atoms with Gasteiger partial charge in [-0.15, -0.1) is 0 Å². The molecule has 0 saturated heterocycles. The molecule has 0 aliphatic carbocycles. The van der Waals surface area contributed by atoms with Crippen molar-refractivity contribution >= 4 is 13.3 Å². The van der Waals surface area contributed by atoms with Gasteiger partial charge in [-0.2, -0.15) is 0 Å². The van der Waals surface area contributed by atoms with Crippen LogP contribution in [0, 0.1) is 0 Å². The Morgan fingerprint density at radius 3 is 1.70 bits per heavy atom. The molecule has 0 amide bonds. The zero-order valence-electron chi connectivity index (χ0n) is 12.9. The zero-order chi connectivity index (χ0) is 16.5. The SMILES string of the molecule is CCOC(=O)P(=O)(OCc1ccccc1)OCc1ccccc1. The Balaban J connectivity index is 2.05. The maximum absolute atomic E-state index is 12.7. The Hall–Kier alpha value is -1.94. The van der Waals surface area contributed by atoms with Crippen LogP contribution < -0.4 is 0 Å². The lowest BCUT2D eigenvalue weighted by molar-refractivity contribution is 0.144. The van der Waals surface area contributed by atoms with Crippen molar-refractivity contribution in [2.45, 2.75) is 20.1 Å². The summed E-state index contributed by atoms with van der Waals surface area (Å²) >= 11 is 0. The zero-order valence-corrected chi connectivity index (χ0v) is 13.8. The predicted octanol–water partition coefficient (Wildman–Crippen LogP) is 4.77. The quantitative estimate of drug-likeness (QED) is 0.651. The fraction of sp³-hybridized carbons (Fsp3) is 0.235. The van der Waals surface area contributed by atoms with Crippen LogP contribution in [0.25, 0.3) is 0 Å². The Labute approximate surface area is 135 Å². The molecule has 23 heavy (non-hydrogen) atoms. The molecule has 0 unspecified atom stereocenters. The van der Waals surface area contributed by atoms with Gasteiger partial charge in [-0.1, -0.05) is 60.7 Å². The van der Waals surface area contributed by atoms with Gasteiger partial charge in [0.25, 0.3) is 0 Å². The average molecular weight is 334 g/mol. The average Bonchev–Trinajstić information content (AvgIpc) is 2.60. The van der Waals surface area contributed by atoms with E-state index in [2.05, 4.69) is 0 Å². The summed E-state index contributed by atoms with van der Waals surface area (Å²) < 4.78 is 28.2. The molecule has 0 radical (unpaired) electrons. The van der Waals surface area contributed by atoms with Crippen LogP contribution in [0.1, 0.15) is 18.1 Å². The highest BCUT2D eigenvalue weighted by molar-refractivity contribution is 7.71. The van der Waals surface area contributed by atoms with Gasteiger partial charge in [0.1, 0.15) is 0 Å². The van der Waals surface area contributed by atoms with Gasteiger partial charge in [0, 0.05) is 0 Å². The lowest BCUT2D eigenvalue weighted by Gasteiger charge is -2.17. The van der Waals surface area contributed by atoms with Crippen LogP contribution >= 0.6 is 7.60 Å². The Morgan fingerprint density at radius 2 is 1.30 bits per heavy atom. The number of rotatable bonds is 8. The minimum atomic E-state index is -4.02. The van der Waals surface area contributed by atoms with Crippen molar-refractivity contribution in [1.82, 2.24) is 0 Å². The van der Waals surface area contributed by atoms with Crippen LogP contribution in [0.4, 0.5) is 4.79 Å². The summed E-state index contributed by atoms with van der Waals surface area (Å²) in [4.78, 5) is 12.0. The van der Waals surface area contributed by atoms with Crippen molar-refractivity contribution in [2.24, 2.45) is 0 Å². The molecule has 0 saturated carbocycles. The summed E-state index contributed by atoms with van der Waals surface area (Å²) in [6.45, 7) is 1.75. The van der Waals surface area contributed by atoms with E-state index in [0.717, 1.165) is 11.1 Å². The van der Waals surface area contributed by atoms with Crippen molar-refractivity contribution in [1.29, 1.82) is 0 Å². The highest BCUT2D eigenvalue weighted by Crippen LogP contribution is 2.51. The van der Waals surface area contributed by atoms with Crippen molar-refractivity contribution in [3.8, 4) is 0 Å². The molecule has 2 aromatic rings. The third kappa shape index (κ3) is 5.32. The van der Waals surface area contributed by atoms with Crippen LogP contribution in [-0.2, 0) is 31.6 Å². The molecule has 6 heteroatoms. The van der Waals surface area contributed by atoms with Gasteiger partial charge >= 0.3 is 13.3 Å². The lowest BCUT2D eigenvalue weighted by atomic mass is 10.2. The molecule has 0 aliphatic heterocycles. The summed E-state index contributed by atoms with van der Waals surface area (Å²) in [5.74, 6) is 0. The van der Waals surface area contributed by atoms with E-state index in [0.29, 0.717) is 0 Å². The lowest BCUT2D eigenvalue weighted by Crippen LogP contribution is -2.09. The van der Waals surface area contributed by atoms with E-state index in [4.69, 9.17) is 13.8 Å². The minimum Gasteiger partial charge on any atom is -0.457 e. The van der Waals surface area contributed by atoms with E-state index in [1.165, 1.54) is 0 Å². The molecule has 0 aromatic heterocycles. The molecule has 2 rings (SSSR count). The third-order valence-corrected chi connectivity index (χ3v) is 4.49. The number of benzene rings is 2. The summed E-state index contributed by atoms with van der Waals surface area (Å²) in [7, 11) is -4.02. The van der Waals surface area contributed by atoms with E-state index >= 15 is 0 Å². The number of ether oxygens (including phenoxy) is 1. The van der Waals surface area contributed by atoms with Crippen molar-refractivity contribution < 1.29 is 23.1 Å². The molecule has 0 bridgehead atoms. The van der Waals surface area contributed by atoms with Crippen LogP contribution in [0.2, 0.25) is 0 Å². The van der Waals surface area contributed by atoms with E-state index in [-0.39, 0.29) is 19.8 Å². The van der Waals surface area contributed by atoms with E-state index in [9.17, 15) is 9.36 Å². The van der Waals surface area contributed by atoms with Gasteiger partial charge in [0.2, 0.25) is 0 Å². The largest absolute Gasteiger partial charge is 0.457 e. The molecule has 0 heterocycles. The van der Waals surface area contributed by atoms with Crippen LogP contribution in [0.5, 0.6) is 0 Å². The van der Waals surface area contributed by atoms with Crippen LogP contribution in [0.15, 0.2) is 60.7 Å². The van der Waals surface area contributed by atoms with E-state index in [1.54, 1.807) is 6.92 Å². The van der Waals surface area contributed by atoms with Crippen LogP contribution in [0.3, 0.4) is 0 Å². The van der Waals surface area contributed by atoms with Gasteiger partial charge < -0.3 is 4.74 Å². The molecule has 2 aromatic carbocycles. The normalized spacial score (nSPS) is 11.2. The van der Waals surface area contributed by atoms with Gasteiger partial charge in [-0.25, -0.2) is 9.36 Å². The standard InChI is InChI=1S/C17H19O5P/c1-2-20-17(18)23(19,21-13-15-9-5-3-6-10-15)22-14-16-11-7-4-8-12-16/h3-12H,2,13-14H2,1H3. The van der Waals surface area contributed by atoms with Crippen molar-refractivity contribution in [2.75, 3.05) is 6.61 Å². The Kier molecular flexibility index (Phi) is 6.53. The summed E-state index contributed by atoms with van der Waals surface area (Å²) in [5.41, 5.74) is 0.618. The van der Waals surface area contributed by atoms with Gasteiger partial charge in [0.05, 0.1) is 19.8 Å². The third-order valence-electron chi connectivity index (χ3n) is 2.98. The van der Waals surface area contributed by atoms with Crippen molar-refractivity contribution in [3.63, 3.8) is 0 Å². The Bertz CT molecular complexity index is 610. The summed E-state index contributed by atoms with van der Waals surface area (Å²) in [6, 6.07) is 18.3. The molecular formula is C17H19O5P. The van der Waals surface area contributed by atoms with E-state index in [1.807, 2.05) is 60.7 Å². The molecule has 0 N–H and O–H groups in total. The summed E-state index contributed by atoms with van der Waals surface area (Å²) in [5, 5.41) is 0. The highest BCUT2D eigenvalue weighted by Gasteiger charge is 2.37. The fourth-order valence-electron chi connectivity index (χ4n) is 1.81. The first kappa shape index (κ1) is 17.4. The molecule has 122 valence electrons. The maximum atomic E-state index is 12.7. The second-order valence-corrected chi connectivity index (χ2v) is 6.59. The smallest absolute Gasteiger partial charge is 0.439 e. The van der Waals surface area contributed by atoms with Gasteiger partial charge in [-0.05, 0) is 18.1 Å². The van der Waals surface area contributed by atoms with E-state index < -0.39 is 13.3 Å². The predicted molar refractivity (Wildman–Crippen MR) is 87.1 cm³/mol. The molecular weight excluding hydrogens is 315 g/mol. The molecule has 0 spiro atoms. The second-order valence-electron chi connectivity index (χ2n) is 4.71. The number of hydrogen-bond donors (Lipinski definition) is 0. The first-order valence-corrected chi connectivity index (χ1v) is 8.82. The number of carbonyl (C=O) groups is 1. The number of hydrogen-bond acceptors (Lipinski definition) is 5.